The van der Waals surface area contributed by atoms with E-state index in [2.05, 4.69) is 5.32 Å². The highest BCUT2D eigenvalue weighted by Gasteiger charge is 2.25. The lowest BCUT2D eigenvalue weighted by molar-refractivity contribution is -0.385. The fourth-order valence-electron chi connectivity index (χ4n) is 1.72. The second-order valence-electron chi connectivity index (χ2n) is 3.88. The molecule has 1 aromatic carbocycles. The number of benzene rings is 1. The van der Waals surface area contributed by atoms with Gasteiger partial charge in [-0.2, -0.15) is 0 Å². The zero-order valence-corrected chi connectivity index (χ0v) is 12.7. The van der Waals surface area contributed by atoms with Crippen LogP contribution in [0.4, 0.5) is 5.69 Å². The van der Waals surface area contributed by atoms with Crippen LogP contribution in [-0.4, -0.2) is 29.4 Å². The molecule has 1 heterocycles. The summed E-state index contributed by atoms with van der Waals surface area (Å²) in [6.45, 7) is 0. The third kappa shape index (κ3) is 3.14. The smallest absolute Gasteiger partial charge is 0.280 e. The van der Waals surface area contributed by atoms with Crippen molar-refractivity contribution in [3.8, 4) is 11.5 Å². The first-order valence-electron chi connectivity index (χ1n) is 5.61. The second kappa shape index (κ2) is 6.10. The normalized spacial score (nSPS) is 16.0. The van der Waals surface area contributed by atoms with Gasteiger partial charge in [-0.15, -0.1) is 0 Å². The Bertz CT molecular complexity index is 672. The number of hydrogen-bond acceptors (Lipinski definition) is 7. The molecule has 7 nitrogen and oxygen atoms in total. The monoisotopic (exact) mass is 326 g/mol. The van der Waals surface area contributed by atoms with Crippen molar-refractivity contribution in [2.45, 2.75) is 0 Å². The quantitative estimate of drug-likeness (QED) is 0.392. The number of nitrogens with one attached hydrogen (secondary N) is 1. The molecule has 21 heavy (non-hydrogen) atoms. The molecule has 1 saturated heterocycles. The first-order chi connectivity index (χ1) is 9.96. The SMILES string of the molecule is COc1cc(C=C2SC(=S)NC2=O)c([N+](=O)[O-])cc1OC. The van der Waals surface area contributed by atoms with Crippen LogP contribution < -0.4 is 14.8 Å². The molecule has 2 rings (SSSR count). The van der Waals surface area contributed by atoms with Crippen LogP contribution in [0.1, 0.15) is 5.56 Å². The average Bonchev–Trinajstić information content (AvgIpc) is 2.76. The third-order valence-electron chi connectivity index (χ3n) is 2.66. The van der Waals surface area contributed by atoms with Crippen molar-refractivity contribution in [3.63, 3.8) is 0 Å². The van der Waals surface area contributed by atoms with Crippen molar-refractivity contribution >= 4 is 46.0 Å². The number of thiocarbonyl (C=S) groups is 1. The Labute approximate surface area is 129 Å². The van der Waals surface area contributed by atoms with Gasteiger partial charge in [-0.05, 0) is 12.1 Å². The molecule has 1 aliphatic rings. The van der Waals surface area contributed by atoms with Crippen LogP contribution in [-0.2, 0) is 4.79 Å². The molecule has 0 atom stereocenters. The summed E-state index contributed by atoms with van der Waals surface area (Å²) in [5.41, 5.74) is 0.0476. The van der Waals surface area contributed by atoms with E-state index in [9.17, 15) is 14.9 Å². The molecule has 110 valence electrons. The summed E-state index contributed by atoms with van der Waals surface area (Å²) in [4.78, 5) is 22.5. The molecule has 0 spiro atoms. The number of ether oxygens (including phenoxy) is 2. The number of rotatable bonds is 4. The molecule has 1 aliphatic heterocycles. The summed E-state index contributed by atoms with van der Waals surface area (Å²) in [5.74, 6) is 0.195. The first kappa shape index (κ1) is 15.3. The van der Waals surface area contributed by atoms with Crippen molar-refractivity contribution in [1.29, 1.82) is 0 Å². The number of hydrogen-bond donors (Lipinski definition) is 1. The van der Waals surface area contributed by atoms with Crippen LogP contribution in [0, 0.1) is 10.1 Å². The number of amides is 1. The summed E-state index contributed by atoms with van der Waals surface area (Å²) >= 11 is 5.92. The maximum Gasteiger partial charge on any atom is 0.280 e. The second-order valence-corrected chi connectivity index (χ2v) is 5.59. The summed E-state index contributed by atoms with van der Waals surface area (Å²) in [6, 6.07) is 2.69. The predicted octanol–water partition coefficient (Wildman–Crippen LogP) is 2.10. The Hall–Kier alpha value is -2.13. The largest absolute Gasteiger partial charge is 0.493 e. The van der Waals surface area contributed by atoms with Gasteiger partial charge in [-0.25, -0.2) is 0 Å². The first-order valence-corrected chi connectivity index (χ1v) is 6.84. The van der Waals surface area contributed by atoms with Crippen molar-refractivity contribution < 1.29 is 19.2 Å². The predicted molar refractivity (Wildman–Crippen MR) is 82.5 cm³/mol. The van der Waals surface area contributed by atoms with Gasteiger partial charge in [0.15, 0.2) is 11.5 Å². The van der Waals surface area contributed by atoms with E-state index in [1.807, 2.05) is 0 Å². The average molecular weight is 326 g/mol. The fourth-order valence-corrected chi connectivity index (χ4v) is 2.76. The van der Waals surface area contributed by atoms with Gasteiger partial charge in [-0.3, -0.25) is 14.9 Å². The van der Waals surface area contributed by atoms with Crippen molar-refractivity contribution in [3.05, 3.63) is 32.7 Å². The van der Waals surface area contributed by atoms with Crippen LogP contribution in [0.2, 0.25) is 0 Å². The highest BCUT2D eigenvalue weighted by atomic mass is 32.2. The zero-order chi connectivity index (χ0) is 15.6. The van der Waals surface area contributed by atoms with E-state index in [1.165, 1.54) is 32.4 Å². The van der Waals surface area contributed by atoms with Crippen LogP contribution in [0.25, 0.3) is 6.08 Å². The third-order valence-corrected chi connectivity index (χ3v) is 3.82. The molecule has 9 heteroatoms. The van der Waals surface area contributed by atoms with Gasteiger partial charge in [0, 0.05) is 0 Å². The lowest BCUT2D eigenvalue weighted by Crippen LogP contribution is -2.17. The van der Waals surface area contributed by atoms with E-state index in [-0.39, 0.29) is 27.8 Å². The molecular formula is C12H10N2O5S2. The molecule has 1 aromatic rings. The maximum atomic E-state index is 11.6. The van der Waals surface area contributed by atoms with Crippen LogP contribution in [0.15, 0.2) is 17.0 Å². The topological polar surface area (TPSA) is 90.7 Å². The zero-order valence-electron chi connectivity index (χ0n) is 11.0. The minimum absolute atomic E-state index is 0.189. The van der Waals surface area contributed by atoms with Crippen LogP contribution >= 0.6 is 24.0 Å². The minimum atomic E-state index is -0.551. The van der Waals surface area contributed by atoms with E-state index >= 15 is 0 Å². The number of carbonyl (C=O) groups is 1. The van der Waals surface area contributed by atoms with Crippen molar-refractivity contribution in [1.82, 2.24) is 5.32 Å². The number of carbonyl (C=O) groups excluding carboxylic acids is 1. The van der Waals surface area contributed by atoms with E-state index in [4.69, 9.17) is 21.7 Å². The Morgan fingerprint density at radius 2 is 1.95 bits per heavy atom. The molecule has 1 N–H and O–H groups in total. The van der Waals surface area contributed by atoms with Crippen molar-refractivity contribution in [2.75, 3.05) is 14.2 Å². The molecule has 0 saturated carbocycles. The molecular weight excluding hydrogens is 316 g/mol. The maximum absolute atomic E-state index is 11.6. The molecule has 1 amide bonds. The molecule has 0 radical (unpaired) electrons. The Balaban J connectivity index is 2.56. The number of nitro benzene ring substituents is 1. The lowest BCUT2D eigenvalue weighted by atomic mass is 10.1. The van der Waals surface area contributed by atoms with Crippen LogP contribution in [0.3, 0.4) is 0 Å². The number of thioether (sulfide) groups is 1. The van der Waals surface area contributed by atoms with Gasteiger partial charge < -0.3 is 14.8 Å². The van der Waals surface area contributed by atoms with E-state index < -0.39 is 4.92 Å². The van der Waals surface area contributed by atoms with Gasteiger partial charge in [0.25, 0.3) is 11.6 Å². The van der Waals surface area contributed by atoms with Crippen molar-refractivity contribution in [2.24, 2.45) is 0 Å². The van der Waals surface area contributed by atoms with Gasteiger partial charge in [0.2, 0.25) is 0 Å². The molecule has 0 bridgehead atoms. The summed E-state index contributed by atoms with van der Waals surface area (Å²) in [6.07, 6.45) is 1.40. The Kier molecular flexibility index (Phi) is 4.43. The van der Waals surface area contributed by atoms with Crippen LogP contribution in [0.5, 0.6) is 11.5 Å². The highest BCUT2D eigenvalue weighted by molar-refractivity contribution is 8.26. The molecule has 0 unspecified atom stereocenters. The van der Waals surface area contributed by atoms with Gasteiger partial charge in [-0.1, -0.05) is 24.0 Å². The number of nitro groups is 1. The summed E-state index contributed by atoms with van der Waals surface area (Å²) in [5, 5.41) is 13.6. The summed E-state index contributed by atoms with van der Waals surface area (Å²) in [7, 11) is 2.81. The summed E-state index contributed by atoms with van der Waals surface area (Å²) < 4.78 is 10.5. The Morgan fingerprint density at radius 1 is 1.33 bits per heavy atom. The van der Waals surface area contributed by atoms with E-state index in [0.29, 0.717) is 10.1 Å². The molecule has 0 aromatic heterocycles. The lowest BCUT2D eigenvalue weighted by Gasteiger charge is -2.08. The van der Waals surface area contributed by atoms with Gasteiger partial charge in [0.05, 0.1) is 35.7 Å². The Morgan fingerprint density at radius 3 is 2.43 bits per heavy atom. The number of nitrogens with zero attached hydrogens (tertiary/aromatic N) is 1. The molecule has 0 aliphatic carbocycles. The standard InChI is InChI=1S/C12H10N2O5S2/c1-18-8-3-6(4-10-11(15)13-12(20)21-10)7(14(16)17)5-9(8)19-2/h3-5H,1-2H3,(H,13,15,20). The minimum Gasteiger partial charge on any atom is -0.493 e. The van der Waals surface area contributed by atoms with E-state index in [1.54, 1.807) is 0 Å². The van der Waals surface area contributed by atoms with E-state index in [0.717, 1.165) is 11.8 Å². The van der Waals surface area contributed by atoms with Gasteiger partial charge >= 0.3 is 0 Å². The van der Waals surface area contributed by atoms with Gasteiger partial charge in [0.1, 0.15) is 4.32 Å². The highest BCUT2D eigenvalue weighted by Crippen LogP contribution is 2.37. The number of methoxy groups -OCH3 is 2. The molecule has 1 fully saturated rings. The fraction of sp³-hybridized carbons (Fsp3) is 0.167.